The number of hydrogen-bond acceptors (Lipinski definition) is 3. The fourth-order valence-corrected chi connectivity index (χ4v) is 1.63. The maximum absolute atomic E-state index is 12.8. The molecule has 96 valence electrons. The summed E-state index contributed by atoms with van der Waals surface area (Å²) in [6.45, 7) is 1.52. The first-order valence-corrected chi connectivity index (χ1v) is 5.16. The normalized spacial score (nSPS) is 11.8. The fourth-order valence-electron chi connectivity index (χ4n) is 1.63. The molecule has 18 heavy (non-hydrogen) atoms. The van der Waals surface area contributed by atoms with E-state index in [0.29, 0.717) is 4.57 Å². The molecule has 0 fully saturated rings. The van der Waals surface area contributed by atoms with Crippen LogP contribution in [0, 0.1) is 0 Å². The highest BCUT2D eigenvalue weighted by molar-refractivity contribution is 5.88. The van der Waals surface area contributed by atoms with E-state index in [-0.39, 0.29) is 17.6 Å². The van der Waals surface area contributed by atoms with E-state index in [1.165, 1.54) is 25.3 Å². The summed E-state index contributed by atoms with van der Waals surface area (Å²) in [6.07, 6.45) is -4.35. The second-order valence-corrected chi connectivity index (χ2v) is 3.47. The van der Waals surface area contributed by atoms with Crippen molar-refractivity contribution < 1.29 is 22.7 Å². The second-order valence-electron chi connectivity index (χ2n) is 3.47. The first kappa shape index (κ1) is 12.4. The molecule has 2 rings (SSSR count). The van der Waals surface area contributed by atoms with E-state index in [1.807, 2.05) is 0 Å². The molecule has 0 bridgehead atoms. The third-order valence-electron chi connectivity index (χ3n) is 2.31. The van der Waals surface area contributed by atoms with Gasteiger partial charge >= 0.3 is 12.3 Å². The molecule has 0 saturated carbocycles. The van der Waals surface area contributed by atoms with Gasteiger partial charge in [-0.25, -0.2) is 9.36 Å². The number of pyridine rings is 1. The van der Waals surface area contributed by atoms with Crippen LogP contribution in [0.2, 0.25) is 0 Å². The Kier molecular flexibility index (Phi) is 2.98. The van der Waals surface area contributed by atoms with Crippen molar-refractivity contribution in [3.8, 4) is 0 Å². The molecule has 0 spiro atoms. The lowest BCUT2D eigenvalue weighted by atomic mass is 10.4. The summed E-state index contributed by atoms with van der Waals surface area (Å²) < 4.78 is 43.6. The number of nitrogens with zero attached hydrogens (tertiary/aromatic N) is 2. The molecular formula is C11H9F3N2O2. The van der Waals surface area contributed by atoms with Crippen molar-refractivity contribution in [2.75, 3.05) is 6.61 Å². The van der Waals surface area contributed by atoms with Crippen LogP contribution in [0.25, 0.3) is 11.0 Å². The third-order valence-corrected chi connectivity index (χ3v) is 2.31. The number of halogens is 3. The Morgan fingerprint density at radius 2 is 2.22 bits per heavy atom. The third kappa shape index (κ3) is 2.03. The molecule has 0 radical (unpaired) electrons. The van der Waals surface area contributed by atoms with E-state index in [9.17, 15) is 18.0 Å². The predicted octanol–water partition coefficient (Wildman–Crippen LogP) is 3.06. The molecule has 0 aliphatic carbocycles. The summed E-state index contributed by atoms with van der Waals surface area (Å²) in [5.41, 5.74) is -0.921. The summed E-state index contributed by atoms with van der Waals surface area (Å²) in [7, 11) is 0. The van der Waals surface area contributed by atoms with E-state index in [4.69, 9.17) is 0 Å². The zero-order valence-electron chi connectivity index (χ0n) is 9.36. The Hall–Kier alpha value is -2.05. The van der Waals surface area contributed by atoms with Gasteiger partial charge in [0.15, 0.2) is 0 Å². The van der Waals surface area contributed by atoms with Crippen molar-refractivity contribution >= 4 is 17.1 Å². The number of alkyl halides is 3. The van der Waals surface area contributed by atoms with Gasteiger partial charge in [0.1, 0.15) is 5.69 Å². The van der Waals surface area contributed by atoms with Crippen molar-refractivity contribution in [2.24, 2.45) is 0 Å². The SMILES string of the molecule is CCOC(=O)n1c(C(F)(F)F)cc2ncccc21. The summed E-state index contributed by atoms with van der Waals surface area (Å²) in [5.74, 6) is 0. The van der Waals surface area contributed by atoms with Gasteiger partial charge in [0.05, 0.1) is 17.6 Å². The maximum Gasteiger partial charge on any atom is 0.432 e. The molecule has 4 nitrogen and oxygen atoms in total. The standard InChI is InChI=1S/C11H9F3N2O2/c1-2-18-10(17)16-8-4-3-5-15-7(8)6-9(16)11(12,13)14/h3-6H,2H2,1H3. The van der Waals surface area contributed by atoms with Crippen molar-refractivity contribution in [1.29, 1.82) is 0 Å². The Bertz CT molecular complexity index is 589. The van der Waals surface area contributed by atoms with Crippen LogP contribution in [0.15, 0.2) is 24.4 Å². The van der Waals surface area contributed by atoms with Gasteiger partial charge in [0, 0.05) is 6.20 Å². The summed E-state index contributed by atoms with van der Waals surface area (Å²) >= 11 is 0. The van der Waals surface area contributed by atoms with Crippen LogP contribution in [0.4, 0.5) is 18.0 Å². The van der Waals surface area contributed by atoms with Crippen LogP contribution in [-0.4, -0.2) is 22.3 Å². The average molecular weight is 258 g/mol. The number of carbonyl (C=O) groups is 1. The van der Waals surface area contributed by atoms with E-state index >= 15 is 0 Å². The molecule has 2 aromatic rings. The quantitative estimate of drug-likeness (QED) is 0.789. The number of aromatic nitrogens is 2. The van der Waals surface area contributed by atoms with Crippen LogP contribution in [0.1, 0.15) is 12.6 Å². The lowest BCUT2D eigenvalue weighted by molar-refractivity contribution is -0.142. The van der Waals surface area contributed by atoms with Crippen LogP contribution < -0.4 is 0 Å². The smallest absolute Gasteiger partial charge is 0.432 e. The summed E-state index contributed by atoms with van der Waals surface area (Å²) in [5, 5.41) is 0. The Labute approximate surface area is 100.0 Å². The number of hydrogen-bond donors (Lipinski definition) is 0. The highest BCUT2D eigenvalue weighted by Gasteiger charge is 2.37. The Balaban J connectivity index is 2.69. The van der Waals surface area contributed by atoms with Gasteiger partial charge in [-0.05, 0) is 25.1 Å². The van der Waals surface area contributed by atoms with Crippen molar-refractivity contribution in [3.05, 3.63) is 30.1 Å². The minimum absolute atomic E-state index is 0.00390. The van der Waals surface area contributed by atoms with Crippen LogP contribution in [-0.2, 0) is 10.9 Å². The van der Waals surface area contributed by atoms with Crippen LogP contribution in [0.5, 0.6) is 0 Å². The maximum atomic E-state index is 12.8. The van der Waals surface area contributed by atoms with Crippen molar-refractivity contribution in [3.63, 3.8) is 0 Å². The van der Waals surface area contributed by atoms with Gasteiger partial charge in [0.2, 0.25) is 0 Å². The van der Waals surface area contributed by atoms with Crippen molar-refractivity contribution in [1.82, 2.24) is 9.55 Å². The van der Waals surface area contributed by atoms with E-state index < -0.39 is 18.0 Å². The second kappa shape index (κ2) is 4.32. The molecule has 2 heterocycles. The molecule has 0 amide bonds. The van der Waals surface area contributed by atoms with Gasteiger partial charge < -0.3 is 4.74 Å². The lowest BCUT2D eigenvalue weighted by Gasteiger charge is -2.10. The molecule has 0 unspecified atom stereocenters. The fraction of sp³-hybridized carbons (Fsp3) is 0.273. The summed E-state index contributed by atoms with van der Waals surface area (Å²) in [6, 6.07) is 3.67. The minimum atomic E-state index is -4.65. The Morgan fingerprint density at radius 3 is 2.83 bits per heavy atom. The largest absolute Gasteiger partial charge is 0.449 e. The molecule has 7 heteroatoms. The zero-order chi connectivity index (χ0) is 13.3. The lowest BCUT2D eigenvalue weighted by Crippen LogP contribution is -2.21. The first-order valence-electron chi connectivity index (χ1n) is 5.16. The van der Waals surface area contributed by atoms with Gasteiger partial charge in [0.25, 0.3) is 0 Å². The molecule has 0 atom stereocenters. The topological polar surface area (TPSA) is 44.1 Å². The molecule has 0 saturated heterocycles. The number of rotatable bonds is 1. The number of carbonyl (C=O) groups excluding carboxylic acids is 1. The molecule has 0 aliphatic heterocycles. The van der Waals surface area contributed by atoms with Crippen LogP contribution in [0.3, 0.4) is 0 Å². The van der Waals surface area contributed by atoms with Crippen molar-refractivity contribution in [2.45, 2.75) is 13.1 Å². The zero-order valence-corrected chi connectivity index (χ0v) is 9.36. The summed E-state index contributed by atoms with van der Waals surface area (Å²) in [4.78, 5) is 15.4. The minimum Gasteiger partial charge on any atom is -0.449 e. The molecule has 0 aromatic carbocycles. The molecule has 0 aliphatic rings. The highest BCUT2D eigenvalue weighted by Crippen LogP contribution is 2.33. The monoisotopic (exact) mass is 258 g/mol. The van der Waals surface area contributed by atoms with Gasteiger partial charge in [-0.15, -0.1) is 0 Å². The number of ether oxygens (including phenoxy) is 1. The average Bonchev–Trinajstić information content (AvgIpc) is 2.68. The van der Waals surface area contributed by atoms with Gasteiger partial charge in [-0.2, -0.15) is 13.2 Å². The molecule has 2 aromatic heterocycles. The van der Waals surface area contributed by atoms with Gasteiger partial charge in [-0.3, -0.25) is 4.98 Å². The first-order chi connectivity index (χ1) is 8.45. The predicted molar refractivity (Wildman–Crippen MR) is 57.2 cm³/mol. The van der Waals surface area contributed by atoms with E-state index in [0.717, 1.165) is 6.07 Å². The highest BCUT2D eigenvalue weighted by atomic mass is 19.4. The molecule has 0 N–H and O–H groups in total. The van der Waals surface area contributed by atoms with Gasteiger partial charge in [-0.1, -0.05) is 0 Å². The van der Waals surface area contributed by atoms with E-state index in [1.54, 1.807) is 0 Å². The Morgan fingerprint density at radius 1 is 1.50 bits per heavy atom. The molecular weight excluding hydrogens is 249 g/mol. The number of fused-ring (bicyclic) bond motifs is 1. The van der Waals surface area contributed by atoms with E-state index in [2.05, 4.69) is 9.72 Å². The van der Waals surface area contributed by atoms with Crippen LogP contribution >= 0.6 is 0 Å².